The predicted octanol–water partition coefficient (Wildman–Crippen LogP) is 0.343. The van der Waals surface area contributed by atoms with Gasteiger partial charge in [0.1, 0.15) is 0 Å². The maximum Gasteiger partial charge on any atom is 0.315 e. The van der Waals surface area contributed by atoms with Crippen molar-refractivity contribution >= 4 is 11.9 Å². The maximum absolute atomic E-state index is 11.6. The van der Waals surface area contributed by atoms with E-state index >= 15 is 0 Å². The number of aromatic nitrogens is 2. The standard InChI is InChI=1S/C13H23N5O2/c1-10(2)12(19)15-4-5-16-13(20)17-11(3)8-18-7-6-14-9-18/h6-7,9-11H,4-5,8H2,1-3H3,(H,15,19)(H2,16,17,20)/t11-/m0/s1. The zero-order valence-electron chi connectivity index (χ0n) is 12.2. The van der Waals surface area contributed by atoms with Crippen LogP contribution in [0.1, 0.15) is 20.8 Å². The van der Waals surface area contributed by atoms with Gasteiger partial charge in [0.2, 0.25) is 5.91 Å². The Bertz CT molecular complexity index is 416. The zero-order valence-corrected chi connectivity index (χ0v) is 12.2. The fourth-order valence-corrected chi connectivity index (χ4v) is 1.60. The second kappa shape index (κ2) is 8.19. The molecule has 0 aliphatic rings. The Labute approximate surface area is 119 Å². The van der Waals surface area contributed by atoms with E-state index in [1.54, 1.807) is 12.5 Å². The van der Waals surface area contributed by atoms with Gasteiger partial charge in [0.15, 0.2) is 0 Å². The van der Waals surface area contributed by atoms with Crippen LogP contribution in [0, 0.1) is 5.92 Å². The average molecular weight is 281 g/mol. The number of amides is 3. The zero-order chi connectivity index (χ0) is 15.0. The fourth-order valence-electron chi connectivity index (χ4n) is 1.60. The number of rotatable bonds is 7. The third-order valence-electron chi connectivity index (χ3n) is 2.66. The lowest BCUT2D eigenvalue weighted by atomic mass is 10.2. The summed E-state index contributed by atoms with van der Waals surface area (Å²) in [5.41, 5.74) is 0. The van der Waals surface area contributed by atoms with Crippen LogP contribution in [-0.2, 0) is 11.3 Å². The van der Waals surface area contributed by atoms with Gasteiger partial charge in [-0.15, -0.1) is 0 Å². The summed E-state index contributed by atoms with van der Waals surface area (Å²) in [6, 6.07) is -0.245. The monoisotopic (exact) mass is 281 g/mol. The van der Waals surface area contributed by atoms with Gasteiger partial charge in [-0.1, -0.05) is 13.8 Å². The smallest absolute Gasteiger partial charge is 0.315 e. The van der Waals surface area contributed by atoms with Gasteiger partial charge in [0.05, 0.1) is 6.33 Å². The van der Waals surface area contributed by atoms with Gasteiger partial charge in [-0.05, 0) is 6.92 Å². The molecule has 0 unspecified atom stereocenters. The van der Waals surface area contributed by atoms with Crippen LogP contribution in [-0.4, -0.2) is 40.6 Å². The first-order valence-corrected chi connectivity index (χ1v) is 6.77. The van der Waals surface area contributed by atoms with E-state index in [4.69, 9.17) is 0 Å². The summed E-state index contributed by atoms with van der Waals surface area (Å²) in [4.78, 5) is 26.8. The van der Waals surface area contributed by atoms with Gasteiger partial charge in [0, 0.05) is 44.0 Å². The summed E-state index contributed by atoms with van der Waals surface area (Å²) in [6.07, 6.45) is 5.25. The predicted molar refractivity (Wildman–Crippen MR) is 76.1 cm³/mol. The van der Waals surface area contributed by atoms with Crippen molar-refractivity contribution in [2.45, 2.75) is 33.4 Å². The number of nitrogens with zero attached hydrogens (tertiary/aromatic N) is 2. The van der Waals surface area contributed by atoms with Gasteiger partial charge < -0.3 is 20.5 Å². The topological polar surface area (TPSA) is 88.0 Å². The summed E-state index contributed by atoms with van der Waals surface area (Å²) in [5.74, 6) is -0.0558. The van der Waals surface area contributed by atoms with Crippen molar-refractivity contribution in [3.8, 4) is 0 Å². The van der Waals surface area contributed by atoms with E-state index in [-0.39, 0.29) is 23.9 Å². The molecule has 0 fully saturated rings. The molecule has 0 saturated carbocycles. The van der Waals surface area contributed by atoms with E-state index < -0.39 is 0 Å². The Morgan fingerprint density at radius 2 is 1.90 bits per heavy atom. The summed E-state index contributed by atoms with van der Waals surface area (Å²) >= 11 is 0. The Kier molecular flexibility index (Phi) is 6.55. The van der Waals surface area contributed by atoms with Crippen LogP contribution in [0.5, 0.6) is 0 Å². The van der Waals surface area contributed by atoms with E-state index in [1.165, 1.54) is 0 Å². The molecule has 0 saturated heterocycles. The summed E-state index contributed by atoms with van der Waals surface area (Å²) in [6.45, 7) is 7.07. The fraction of sp³-hybridized carbons (Fsp3) is 0.615. The first-order valence-electron chi connectivity index (χ1n) is 6.77. The number of hydrogen-bond acceptors (Lipinski definition) is 3. The molecule has 1 aromatic rings. The van der Waals surface area contributed by atoms with Crippen molar-refractivity contribution in [2.75, 3.05) is 13.1 Å². The SMILES string of the molecule is CC(C)C(=O)NCCNC(=O)N[C@@H](C)Cn1ccnc1. The van der Waals surface area contributed by atoms with Crippen LogP contribution in [0.2, 0.25) is 0 Å². The normalized spacial score (nSPS) is 12.0. The van der Waals surface area contributed by atoms with Gasteiger partial charge in [0.25, 0.3) is 0 Å². The minimum atomic E-state index is -0.239. The molecule has 0 spiro atoms. The molecule has 0 aromatic carbocycles. The molecule has 112 valence electrons. The van der Waals surface area contributed by atoms with E-state index in [9.17, 15) is 9.59 Å². The maximum atomic E-state index is 11.6. The number of nitrogens with one attached hydrogen (secondary N) is 3. The van der Waals surface area contributed by atoms with E-state index in [0.717, 1.165) is 0 Å². The first kappa shape index (κ1) is 16.0. The second-order valence-corrected chi connectivity index (χ2v) is 5.01. The average Bonchev–Trinajstić information content (AvgIpc) is 2.86. The number of urea groups is 1. The number of imidazole rings is 1. The quantitative estimate of drug-likeness (QED) is 0.630. The molecule has 0 aliphatic heterocycles. The minimum absolute atomic E-state index is 0.00513. The molecule has 3 N–H and O–H groups in total. The number of carbonyl (C=O) groups is 2. The highest BCUT2D eigenvalue weighted by atomic mass is 16.2. The Balaban J connectivity index is 2.12. The molecule has 1 heterocycles. The van der Waals surface area contributed by atoms with Crippen molar-refractivity contribution in [1.82, 2.24) is 25.5 Å². The molecule has 20 heavy (non-hydrogen) atoms. The van der Waals surface area contributed by atoms with Crippen molar-refractivity contribution in [2.24, 2.45) is 5.92 Å². The lowest BCUT2D eigenvalue weighted by Crippen LogP contribution is -2.45. The summed E-state index contributed by atoms with van der Waals surface area (Å²) in [5, 5.41) is 8.25. The third kappa shape index (κ3) is 6.21. The van der Waals surface area contributed by atoms with Crippen molar-refractivity contribution in [3.63, 3.8) is 0 Å². The highest BCUT2D eigenvalue weighted by Gasteiger charge is 2.08. The van der Waals surface area contributed by atoms with Crippen LogP contribution in [0.4, 0.5) is 4.79 Å². The molecule has 3 amide bonds. The van der Waals surface area contributed by atoms with E-state index in [1.807, 2.05) is 31.5 Å². The van der Waals surface area contributed by atoms with Gasteiger partial charge in [-0.25, -0.2) is 9.78 Å². The molecule has 1 aromatic heterocycles. The molecular formula is C13H23N5O2. The minimum Gasteiger partial charge on any atom is -0.354 e. The van der Waals surface area contributed by atoms with Crippen LogP contribution >= 0.6 is 0 Å². The first-order chi connectivity index (χ1) is 9.49. The Morgan fingerprint density at radius 1 is 1.20 bits per heavy atom. The molecule has 1 atom stereocenters. The lowest BCUT2D eigenvalue weighted by molar-refractivity contribution is -0.123. The van der Waals surface area contributed by atoms with Gasteiger partial charge >= 0.3 is 6.03 Å². The number of carbonyl (C=O) groups excluding carboxylic acids is 2. The van der Waals surface area contributed by atoms with E-state index in [0.29, 0.717) is 19.6 Å². The third-order valence-corrected chi connectivity index (χ3v) is 2.66. The summed E-state index contributed by atoms with van der Waals surface area (Å²) < 4.78 is 1.90. The molecule has 0 radical (unpaired) electrons. The number of hydrogen-bond donors (Lipinski definition) is 3. The lowest BCUT2D eigenvalue weighted by Gasteiger charge is -2.15. The Hall–Kier alpha value is -2.05. The Morgan fingerprint density at radius 3 is 2.50 bits per heavy atom. The highest BCUT2D eigenvalue weighted by Crippen LogP contribution is 1.91. The second-order valence-electron chi connectivity index (χ2n) is 5.01. The van der Waals surface area contributed by atoms with Crippen LogP contribution < -0.4 is 16.0 Å². The van der Waals surface area contributed by atoms with Gasteiger partial charge in [-0.2, -0.15) is 0 Å². The van der Waals surface area contributed by atoms with Crippen molar-refractivity contribution in [1.29, 1.82) is 0 Å². The molecule has 0 aliphatic carbocycles. The molecule has 0 bridgehead atoms. The largest absolute Gasteiger partial charge is 0.354 e. The van der Waals surface area contributed by atoms with Crippen LogP contribution in [0.15, 0.2) is 18.7 Å². The van der Waals surface area contributed by atoms with E-state index in [2.05, 4.69) is 20.9 Å². The highest BCUT2D eigenvalue weighted by molar-refractivity contribution is 5.78. The van der Waals surface area contributed by atoms with Crippen molar-refractivity contribution < 1.29 is 9.59 Å². The molecular weight excluding hydrogens is 258 g/mol. The van der Waals surface area contributed by atoms with Gasteiger partial charge in [-0.3, -0.25) is 4.79 Å². The molecule has 1 rings (SSSR count). The van der Waals surface area contributed by atoms with Crippen LogP contribution in [0.3, 0.4) is 0 Å². The van der Waals surface area contributed by atoms with Crippen molar-refractivity contribution in [3.05, 3.63) is 18.7 Å². The van der Waals surface area contributed by atoms with Crippen LogP contribution in [0.25, 0.3) is 0 Å². The molecule has 7 heteroatoms. The molecule has 7 nitrogen and oxygen atoms in total. The summed E-state index contributed by atoms with van der Waals surface area (Å²) in [7, 11) is 0.